The third kappa shape index (κ3) is 2.43. The van der Waals surface area contributed by atoms with Crippen molar-refractivity contribution in [3.63, 3.8) is 0 Å². The van der Waals surface area contributed by atoms with E-state index in [1.165, 1.54) is 4.90 Å². The first kappa shape index (κ1) is 12.4. The van der Waals surface area contributed by atoms with Crippen molar-refractivity contribution in [2.75, 3.05) is 13.6 Å². The van der Waals surface area contributed by atoms with Gasteiger partial charge in [-0.1, -0.05) is 30.3 Å². The Hall–Kier alpha value is -2.08. The van der Waals surface area contributed by atoms with Gasteiger partial charge < -0.3 is 10.0 Å². The molecule has 18 heavy (non-hydrogen) atoms. The first-order valence-corrected chi connectivity index (χ1v) is 5.53. The average Bonchev–Trinajstić information content (AvgIpc) is 2.38. The van der Waals surface area contributed by atoms with Crippen molar-refractivity contribution in [1.82, 2.24) is 9.96 Å². The van der Waals surface area contributed by atoms with Gasteiger partial charge in [-0.15, -0.1) is 0 Å². The highest BCUT2D eigenvalue weighted by molar-refractivity contribution is 5.90. The third-order valence-corrected chi connectivity index (χ3v) is 2.79. The molecule has 1 N–H and O–H groups in total. The normalized spacial score (nSPS) is 18.4. The Morgan fingerprint density at radius 2 is 2.17 bits per heavy atom. The predicted octanol–water partition coefficient (Wildman–Crippen LogP) is 0.939. The summed E-state index contributed by atoms with van der Waals surface area (Å²) in [6.07, 6.45) is -1.25. The number of amides is 2. The molecule has 0 aliphatic carbocycles. The number of hydroxylamine groups is 2. The van der Waals surface area contributed by atoms with Crippen molar-refractivity contribution < 1.29 is 19.5 Å². The number of carbonyl (C=O) groups is 2. The highest BCUT2D eigenvalue weighted by atomic mass is 16.7. The third-order valence-electron chi connectivity index (χ3n) is 2.79. The summed E-state index contributed by atoms with van der Waals surface area (Å²) in [7, 11) is 1.62. The van der Waals surface area contributed by atoms with Crippen molar-refractivity contribution in [3.8, 4) is 0 Å². The van der Waals surface area contributed by atoms with Crippen LogP contribution in [0.2, 0.25) is 0 Å². The Morgan fingerprint density at radius 3 is 2.67 bits per heavy atom. The minimum atomic E-state index is -1.25. The number of likely N-dealkylation sites (N-methyl/N-ethyl adjacent to an activating group) is 1. The van der Waals surface area contributed by atoms with Crippen LogP contribution in [0.4, 0.5) is 4.79 Å². The topological polar surface area (TPSA) is 70.1 Å². The number of nitrogens with zero attached hydrogens (tertiary/aromatic N) is 2. The Morgan fingerprint density at radius 1 is 1.50 bits per heavy atom. The minimum absolute atomic E-state index is 0.126. The lowest BCUT2D eigenvalue weighted by atomic mass is 10.1. The second-order valence-corrected chi connectivity index (χ2v) is 4.10. The fourth-order valence-corrected chi connectivity index (χ4v) is 1.74. The fourth-order valence-electron chi connectivity index (χ4n) is 1.74. The van der Waals surface area contributed by atoms with E-state index in [9.17, 15) is 9.59 Å². The quantitative estimate of drug-likeness (QED) is 0.637. The first-order valence-electron chi connectivity index (χ1n) is 5.53. The van der Waals surface area contributed by atoms with Crippen LogP contribution in [0.25, 0.3) is 0 Å². The van der Waals surface area contributed by atoms with Crippen molar-refractivity contribution in [2.24, 2.45) is 0 Å². The molecule has 1 saturated heterocycles. The number of hydrogen-bond donors (Lipinski definition) is 1. The molecule has 1 fully saturated rings. The van der Waals surface area contributed by atoms with E-state index in [1.807, 2.05) is 30.3 Å². The van der Waals surface area contributed by atoms with Crippen LogP contribution >= 0.6 is 0 Å². The molecular formula is C12H14N2O4. The van der Waals surface area contributed by atoms with Gasteiger partial charge in [0, 0.05) is 7.05 Å². The number of hydrogen-bond acceptors (Lipinski definition) is 3. The van der Waals surface area contributed by atoms with Crippen LogP contribution in [0.3, 0.4) is 0 Å². The summed E-state index contributed by atoms with van der Waals surface area (Å²) < 4.78 is 0. The number of carboxylic acid groups (broad SMARTS) is 1. The Bertz CT molecular complexity index is 449. The number of β-lactam (4-membered cyclic amide) rings is 1. The summed E-state index contributed by atoms with van der Waals surface area (Å²) in [5.74, 6) is -0.245. The molecule has 0 bridgehead atoms. The molecule has 2 amide bonds. The molecule has 1 unspecified atom stereocenters. The summed E-state index contributed by atoms with van der Waals surface area (Å²) in [6.45, 7) is 0.487. The van der Waals surface area contributed by atoms with Gasteiger partial charge in [0.05, 0.1) is 6.54 Å². The van der Waals surface area contributed by atoms with Crippen molar-refractivity contribution in [1.29, 1.82) is 0 Å². The van der Waals surface area contributed by atoms with E-state index in [0.717, 1.165) is 10.6 Å². The standard InChI is InChI=1S/C12H14N2O4/c1-13-7-10(11(13)15)14(12(16)17)18-8-9-5-3-2-4-6-9/h2-6,10H,7-8H2,1H3,(H,16,17). The summed E-state index contributed by atoms with van der Waals surface area (Å²) in [6, 6.07) is 8.47. The molecule has 1 heterocycles. The maximum Gasteiger partial charge on any atom is 0.432 e. The lowest BCUT2D eigenvalue weighted by molar-refractivity contribution is -0.198. The van der Waals surface area contributed by atoms with Gasteiger partial charge >= 0.3 is 6.09 Å². The van der Waals surface area contributed by atoms with Crippen molar-refractivity contribution in [2.45, 2.75) is 12.6 Å². The number of likely N-dealkylation sites (tertiary alicyclic amines) is 1. The smallest absolute Gasteiger partial charge is 0.432 e. The molecule has 0 aromatic heterocycles. The van der Waals surface area contributed by atoms with E-state index in [1.54, 1.807) is 7.05 Å². The molecule has 0 radical (unpaired) electrons. The molecule has 1 aliphatic rings. The molecule has 96 valence electrons. The average molecular weight is 250 g/mol. The van der Waals surface area contributed by atoms with Gasteiger partial charge in [0.2, 0.25) is 5.91 Å². The summed E-state index contributed by atoms with van der Waals surface area (Å²) >= 11 is 0. The number of benzene rings is 1. The van der Waals surface area contributed by atoms with Gasteiger partial charge in [-0.3, -0.25) is 9.63 Å². The first-order chi connectivity index (χ1) is 8.59. The van der Waals surface area contributed by atoms with E-state index in [2.05, 4.69) is 0 Å². The van der Waals surface area contributed by atoms with Gasteiger partial charge in [0.1, 0.15) is 6.61 Å². The monoisotopic (exact) mass is 250 g/mol. The van der Waals surface area contributed by atoms with Crippen LogP contribution in [-0.2, 0) is 16.2 Å². The van der Waals surface area contributed by atoms with Gasteiger partial charge in [0.15, 0.2) is 6.04 Å². The van der Waals surface area contributed by atoms with Gasteiger partial charge in [-0.25, -0.2) is 4.79 Å². The maximum atomic E-state index is 11.5. The zero-order valence-electron chi connectivity index (χ0n) is 9.94. The Labute approximate surface area is 104 Å². The zero-order chi connectivity index (χ0) is 13.1. The predicted molar refractivity (Wildman–Crippen MR) is 62.5 cm³/mol. The summed E-state index contributed by atoms with van der Waals surface area (Å²) in [5.41, 5.74) is 0.851. The molecule has 1 aromatic rings. The Balaban J connectivity index is 1.96. The second kappa shape index (κ2) is 5.05. The largest absolute Gasteiger partial charge is 0.463 e. The van der Waals surface area contributed by atoms with Gasteiger partial charge in [-0.05, 0) is 5.56 Å². The van der Waals surface area contributed by atoms with E-state index in [-0.39, 0.29) is 12.5 Å². The van der Waals surface area contributed by atoms with Crippen LogP contribution in [0, 0.1) is 0 Å². The summed E-state index contributed by atoms with van der Waals surface area (Å²) in [5, 5.41) is 9.75. The second-order valence-electron chi connectivity index (χ2n) is 4.10. The van der Waals surface area contributed by atoms with Crippen molar-refractivity contribution in [3.05, 3.63) is 35.9 Å². The molecule has 2 rings (SSSR count). The van der Waals surface area contributed by atoms with Gasteiger partial charge in [0.25, 0.3) is 0 Å². The fraction of sp³-hybridized carbons (Fsp3) is 0.333. The van der Waals surface area contributed by atoms with Crippen LogP contribution in [0.1, 0.15) is 5.56 Å². The van der Waals surface area contributed by atoms with Crippen LogP contribution in [0.5, 0.6) is 0 Å². The maximum absolute atomic E-state index is 11.5. The molecule has 1 aliphatic heterocycles. The lowest BCUT2D eigenvalue weighted by Gasteiger charge is -2.39. The molecular weight excluding hydrogens is 236 g/mol. The van der Waals surface area contributed by atoms with E-state index < -0.39 is 12.1 Å². The number of rotatable bonds is 4. The zero-order valence-corrected chi connectivity index (χ0v) is 9.94. The highest BCUT2D eigenvalue weighted by Gasteiger charge is 2.42. The molecule has 6 nitrogen and oxygen atoms in total. The van der Waals surface area contributed by atoms with Gasteiger partial charge in [-0.2, -0.15) is 5.06 Å². The number of carbonyl (C=O) groups excluding carboxylic acids is 1. The van der Waals surface area contributed by atoms with E-state index in [0.29, 0.717) is 6.54 Å². The SMILES string of the molecule is CN1CC(N(OCc2ccccc2)C(=O)O)C1=O. The minimum Gasteiger partial charge on any atom is -0.463 e. The van der Waals surface area contributed by atoms with Crippen LogP contribution < -0.4 is 0 Å². The molecule has 0 saturated carbocycles. The van der Waals surface area contributed by atoms with Crippen molar-refractivity contribution >= 4 is 12.0 Å². The molecule has 0 spiro atoms. The molecule has 6 heteroatoms. The highest BCUT2D eigenvalue weighted by Crippen LogP contribution is 2.16. The lowest BCUT2D eigenvalue weighted by Crippen LogP contribution is -2.63. The van der Waals surface area contributed by atoms with E-state index in [4.69, 9.17) is 9.94 Å². The molecule has 1 aromatic carbocycles. The van der Waals surface area contributed by atoms with Crippen LogP contribution in [0.15, 0.2) is 30.3 Å². The van der Waals surface area contributed by atoms with Crippen LogP contribution in [-0.4, -0.2) is 46.7 Å². The molecule has 1 atom stereocenters. The Kier molecular flexibility index (Phi) is 3.47. The van der Waals surface area contributed by atoms with E-state index >= 15 is 0 Å². The summed E-state index contributed by atoms with van der Waals surface area (Å²) in [4.78, 5) is 29.1.